The van der Waals surface area contributed by atoms with Gasteiger partial charge in [0.1, 0.15) is 0 Å². The predicted octanol–water partition coefficient (Wildman–Crippen LogP) is 2.01. The fourth-order valence-corrected chi connectivity index (χ4v) is 5.57. The molecule has 0 N–H and O–H groups in total. The Morgan fingerprint density at radius 2 is 2.13 bits per heavy atom. The summed E-state index contributed by atoms with van der Waals surface area (Å²) in [6.45, 7) is 0.124. The van der Waals surface area contributed by atoms with Crippen LogP contribution in [0, 0.1) is 0 Å². The van der Waals surface area contributed by atoms with E-state index in [1.54, 1.807) is 12.3 Å². The summed E-state index contributed by atoms with van der Waals surface area (Å²) >= 11 is 1.49. The van der Waals surface area contributed by atoms with E-state index in [1.165, 1.54) is 11.8 Å². The first-order valence-electron chi connectivity index (χ1n) is 6.94. The maximum Gasteiger partial charge on any atom is 0.511 e. The molecule has 0 aromatic carbocycles. The molecular formula is C13H15F3N2O3S2. The van der Waals surface area contributed by atoms with Gasteiger partial charge < -0.3 is 4.74 Å². The lowest BCUT2D eigenvalue weighted by Gasteiger charge is -2.46. The molecule has 23 heavy (non-hydrogen) atoms. The molecule has 1 aromatic heterocycles. The predicted molar refractivity (Wildman–Crippen MR) is 79.2 cm³/mol. The lowest BCUT2D eigenvalue weighted by molar-refractivity contribution is -0.0521. The maximum absolute atomic E-state index is 12.5. The van der Waals surface area contributed by atoms with E-state index in [-0.39, 0.29) is 19.2 Å². The fourth-order valence-electron chi connectivity index (χ4n) is 2.73. The van der Waals surface area contributed by atoms with Gasteiger partial charge in [-0.1, -0.05) is 6.07 Å². The average molecular weight is 368 g/mol. The van der Waals surface area contributed by atoms with Crippen molar-refractivity contribution in [3.05, 3.63) is 30.1 Å². The van der Waals surface area contributed by atoms with Crippen molar-refractivity contribution in [1.82, 2.24) is 9.29 Å². The summed E-state index contributed by atoms with van der Waals surface area (Å²) in [5.74, 6) is 0.646. The van der Waals surface area contributed by atoms with Crippen molar-refractivity contribution in [2.24, 2.45) is 0 Å². The normalized spacial score (nSPS) is 24.7. The molecule has 0 amide bonds. The number of nitrogens with zero attached hydrogens (tertiary/aromatic N) is 2. The first kappa shape index (κ1) is 17.0. The molecule has 2 saturated heterocycles. The van der Waals surface area contributed by atoms with Gasteiger partial charge in [0.15, 0.2) is 0 Å². The Labute approximate surface area is 136 Å². The zero-order valence-electron chi connectivity index (χ0n) is 12.0. The lowest BCUT2D eigenvalue weighted by atomic mass is 9.95. The molecule has 128 valence electrons. The van der Waals surface area contributed by atoms with Gasteiger partial charge in [-0.15, -0.1) is 11.8 Å². The van der Waals surface area contributed by atoms with Crippen molar-refractivity contribution in [1.29, 1.82) is 0 Å². The van der Waals surface area contributed by atoms with Crippen molar-refractivity contribution in [2.45, 2.75) is 29.4 Å². The van der Waals surface area contributed by atoms with Crippen molar-refractivity contribution in [2.75, 3.05) is 18.8 Å². The molecule has 0 saturated carbocycles. The largest absolute Gasteiger partial charge is 0.511 e. The van der Waals surface area contributed by atoms with Gasteiger partial charge >= 0.3 is 15.5 Å². The molecule has 1 unspecified atom stereocenters. The molecule has 0 bridgehead atoms. The molecule has 2 aliphatic rings. The summed E-state index contributed by atoms with van der Waals surface area (Å²) in [6, 6.07) is 5.48. The highest BCUT2D eigenvalue weighted by molar-refractivity contribution is 8.01. The summed E-state index contributed by atoms with van der Waals surface area (Å²) in [5, 5.41) is 0. The molecule has 0 radical (unpaired) electrons. The highest BCUT2D eigenvalue weighted by Crippen LogP contribution is 2.48. The molecule has 2 aliphatic heterocycles. The summed E-state index contributed by atoms with van der Waals surface area (Å²) in [6.07, 6.45) is 2.11. The van der Waals surface area contributed by atoms with E-state index in [0.29, 0.717) is 23.1 Å². The maximum atomic E-state index is 12.5. The van der Waals surface area contributed by atoms with Crippen molar-refractivity contribution in [3.8, 4) is 0 Å². The second-order valence-electron chi connectivity index (χ2n) is 5.67. The van der Waals surface area contributed by atoms with Crippen molar-refractivity contribution in [3.63, 3.8) is 0 Å². The highest BCUT2D eigenvalue weighted by Gasteiger charge is 2.59. The van der Waals surface area contributed by atoms with Crippen LogP contribution in [0.5, 0.6) is 0 Å². The van der Waals surface area contributed by atoms with E-state index in [4.69, 9.17) is 4.74 Å². The van der Waals surface area contributed by atoms with Gasteiger partial charge in [-0.25, -0.2) is 8.42 Å². The molecule has 1 spiro atoms. The third-order valence-corrected chi connectivity index (χ3v) is 7.03. The van der Waals surface area contributed by atoms with Crippen molar-refractivity contribution < 1.29 is 26.3 Å². The van der Waals surface area contributed by atoms with E-state index in [1.807, 2.05) is 12.1 Å². The number of rotatable bonds is 4. The zero-order valence-corrected chi connectivity index (χ0v) is 13.6. The topological polar surface area (TPSA) is 59.5 Å². The second kappa shape index (κ2) is 5.91. The number of hydrogen-bond donors (Lipinski definition) is 0. The van der Waals surface area contributed by atoms with Crippen LogP contribution in [0.4, 0.5) is 13.2 Å². The Balaban J connectivity index is 1.52. The van der Waals surface area contributed by atoms with Crippen LogP contribution >= 0.6 is 11.8 Å². The minimum atomic E-state index is -5.23. The Hall–Kier alpha value is -0.840. The molecule has 3 heterocycles. The molecule has 0 aliphatic carbocycles. The molecule has 10 heteroatoms. The van der Waals surface area contributed by atoms with Gasteiger partial charge in [-0.3, -0.25) is 4.98 Å². The molecule has 1 atom stereocenters. The van der Waals surface area contributed by atoms with Crippen LogP contribution < -0.4 is 0 Å². The minimum Gasteiger partial charge on any atom is -0.371 e. The number of alkyl halides is 3. The molecular weight excluding hydrogens is 353 g/mol. The van der Waals surface area contributed by atoms with E-state index < -0.39 is 20.3 Å². The standard InChI is InChI=1S/C13H15F3N2O3S2/c14-13(15,16)23(19,20)18-8-12(9-18)5-11(7-22-12)21-6-10-3-1-2-4-17-10/h1-4,11H,5-9H2. The highest BCUT2D eigenvalue weighted by atomic mass is 32.2. The summed E-state index contributed by atoms with van der Waals surface area (Å²) in [4.78, 5) is 4.14. The third kappa shape index (κ3) is 3.35. The summed E-state index contributed by atoms with van der Waals surface area (Å²) in [7, 11) is -5.21. The number of pyridine rings is 1. The van der Waals surface area contributed by atoms with Crippen LogP contribution in [0.15, 0.2) is 24.4 Å². The van der Waals surface area contributed by atoms with Crippen LogP contribution in [0.1, 0.15) is 12.1 Å². The minimum absolute atomic E-state index is 0.0993. The first-order chi connectivity index (χ1) is 10.7. The number of thioether (sulfide) groups is 1. The van der Waals surface area contributed by atoms with Crippen LogP contribution in [0.2, 0.25) is 0 Å². The molecule has 2 fully saturated rings. The average Bonchev–Trinajstić information content (AvgIpc) is 2.88. The first-order valence-corrected chi connectivity index (χ1v) is 9.36. The van der Waals surface area contributed by atoms with E-state index in [9.17, 15) is 21.6 Å². The van der Waals surface area contributed by atoms with Gasteiger partial charge in [0.2, 0.25) is 0 Å². The number of aromatic nitrogens is 1. The van der Waals surface area contributed by atoms with Crippen LogP contribution in [0.3, 0.4) is 0 Å². The van der Waals surface area contributed by atoms with Gasteiger partial charge in [-0.2, -0.15) is 17.5 Å². The Morgan fingerprint density at radius 3 is 2.74 bits per heavy atom. The number of halogens is 3. The van der Waals surface area contributed by atoms with Crippen LogP contribution in [-0.2, 0) is 21.4 Å². The lowest BCUT2D eigenvalue weighted by Crippen LogP contribution is -2.62. The second-order valence-corrected chi connectivity index (χ2v) is 9.09. The van der Waals surface area contributed by atoms with Crippen molar-refractivity contribution >= 4 is 21.8 Å². The van der Waals surface area contributed by atoms with Crippen LogP contribution in [-0.4, -0.2) is 52.9 Å². The van der Waals surface area contributed by atoms with Gasteiger partial charge in [0.25, 0.3) is 0 Å². The number of hydrogen-bond acceptors (Lipinski definition) is 5. The number of sulfonamides is 1. The summed E-state index contributed by atoms with van der Waals surface area (Å²) < 4.78 is 65.9. The molecule has 1 aromatic rings. The van der Waals surface area contributed by atoms with Gasteiger partial charge in [0.05, 0.1) is 18.4 Å². The third-order valence-electron chi connectivity index (χ3n) is 3.93. The smallest absolute Gasteiger partial charge is 0.371 e. The molecule has 5 nitrogen and oxygen atoms in total. The Bertz CT molecular complexity index is 661. The SMILES string of the molecule is O=S(=O)(N1CC2(CC(OCc3ccccn3)CS2)C1)C(F)(F)F. The monoisotopic (exact) mass is 368 g/mol. The van der Waals surface area contributed by atoms with Gasteiger partial charge in [0, 0.05) is 29.8 Å². The Morgan fingerprint density at radius 1 is 1.39 bits per heavy atom. The van der Waals surface area contributed by atoms with E-state index in [0.717, 1.165) is 5.69 Å². The summed E-state index contributed by atoms with van der Waals surface area (Å²) in [5.41, 5.74) is -4.44. The fraction of sp³-hybridized carbons (Fsp3) is 0.615. The zero-order chi connectivity index (χ0) is 16.7. The Kier molecular flexibility index (Phi) is 4.36. The van der Waals surface area contributed by atoms with Crippen LogP contribution in [0.25, 0.3) is 0 Å². The van der Waals surface area contributed by atoms with E-state index in [2.05, 4.69) is 4.98 Å². The van der Waals surface area contributed by atoms with Gasteiger partial charge in [-0.05, 0) is 18.6 Å². The van der Waals surface area contributed by atoms with E-state index >= 15 is 0 Å². The molecule has 3 rings (SSSR count). The number of ether oxygens (including phenoxy) is 1. The quantitative estimate of drug-likeness (QED) is 0.814.